The van der Waals surface area contributed by atoms with Crippen molar-refractivity contribution in [2.45, 2.75) is 37.0 Å². The minimum atomic E-state index is 0.736. The van der Waals surface area contributed by atoms with Gasteiger partial charge in [0.1, 0.15) is 0 Å². The summed E-state index contributed by atoms with van der Waals surface area (Å²) in [4.78, 5) is 0. The van der Waals surface area contributed by atoms with Crippen LogP contribution < -0.4 is 5.32 Å². The van der Waals surface area contributed by atoms with Gasteiger partial charge in [-0.05, 0) is 19.1 Å². The molecule has 1 nitrogen and oxygen atoms in total. The molecule has 2 atom stereocenters. The first kappa shape index (κ1) is 13.3. The molecule has 0 spiro atoms. The van der Waals surface area contributed by atoms with Crippen molar-refractivity contribution >= 4 is 23.5 Å². The Morgan fingerprint density at radius 2 is 2.20 bits per heavy atom. The minimum absolute atomic E-state index is 0.736. The Labute approximate surface area is 103 Å². The van der Waals surface area contributed by atoms with Gasteiger partial charge in [0.2, 0.25) is 0 Å². The third kappa shape index (κ3) is 5.19. The smallest absolute Gasteiger partial charge is 0.0545 e. The van der Waals surface area contributed by atoms with E-state index in [0.717, 1.165) is 29.3 Å². The maximum absolute atomic E-state index is 5.20. The molecule has 86 valence electrons. The van der Waals surface area contributed by atoms with Crippen molar-refractivity contribution < 1.29 is 0 Å². The maximum Gasteiger partial charge on any atom is 0.0545 e. The number of thioether (sulfide) groups is 2. The Morgan fingerprint density at radius 1 is 1.40 bits per heavy atom. The van der Waals surface area contributed by atoms with Crippen molar-refractivity contribution in [3.63, 3.8) is 0 Å². The van der Waals surface area contributed by atoms with E-state index in [1.54, 1.807) is 0 Å². The third-order valence-corrected chi connectivity index (χ3v) is 4.88. The second-order valence-electron chi connectivity index (χ2n) is 3.88. The molecule has 1 rings (SSSR count). The van der Waals surface area contributed by atoms with E-state index in [1.165, 1.54) is 25.7 Å². The largest absolute Gasteiger partial charge is 0.312 e. The fourth-order valence-corrected chi connectivity index (χ4v) is 3.55. The molecule has 0 aromatic heterocycles. The average molecular weight is 243 g/mol. The molecule has 0 aromatic rings. The lowest BCUT2D eigenvalue weighted by atomic mass is 9.95. The summed E-state index contributed by atoms with van der Waals surface area (Å²) >= 11 is 3.87. The van der Waals surface area contributed by atoms with Crippen molar-refractivity contribution in [3.8, 4) is 12.3 Å². The van der Waals surface area contributed by atoms with Crippen LogP contribution in [0, 0.1) is 12.3 Å². The first-order chi connectivity index (χ1) is 7.38. The van der Waals surface area contributed by atoms with Crippen molar-refractivity contribution in [1.29, 1.82) is 0 Å². The minimum Gasteiger partial charge on any atom is -0.312 e. The molecule has 1 aliphatic carbocycles. The van der Waals surface area contributed by atoms with E-state index < -0.39 is 0 Å². The third-order valence-electron chi connectivity index (χ3n) is 2.84. The lowest BCUT2D eigenvalue weighted by Crippen LogP contribution is -2.41. The fourth-order valence-electron chi connectivity index (χ4n) is 2.06. The summed E-state index contributed by atoms with van der Waals surface area (Å²) < 4.78 is 0. The molecular weight excluding hydrogens is 222 g/mol. The lowest BCUT2D eigenvalue weighted by molar-refractivity contribution is 0.392. The normalized spacial score (nSPS) is 26.1. The zero-order valence-electron chi connectivity index (χ0n) is 9.50. The highest BCUT2D eigenvalue weighted by Crippen LogP contribution is 2.26. The Morgan fingerprint density at radius 3 is 2.93 bits per heavy atom. The van der Waals surface area contributed by atoms with Crippen LogP contribution in [0.4, 0.5) is 0 Å². The van der Waals surface area contributed by atoms with Crippen LogP contribution in [0.5, 0.6) is 0 Å². The second kappa shape index (κ2) is 8.38. The van der Waals surface area contributed by atoms with Crippen molar-refractivity contribution in [2.24, 2.45) is 0 Å². The van der Waals surface area contributed by atoms with Gasteiger partial charge in [-0.1, -0.05) is 18.8 Å². The molecule has 15 heavy (non-hydrogen) atoms. The monoisotopic (exact) mass is 243 g/mol. The molecule has 2 unspecified atom stereocenters. The summed E-state index contributed by atoms with van der Waals surface area (Å²) in [5, 5.41) is 4.50. The van der Waals surface area contributed by atoms with E-state index in [1.807, 2.05) is 23.5 Å². The van der Waals surface area contributed by atoms with Gasteiger partial charge in [-0.2, -0.15) is 11.8 Å². The highest BCUT2D eigenvalue weighted by atomic mass is 32.2. The van der Waals surface area contributed by atoms with Crippen LogP contribution >= 0.6 is 23.5 Å². The quantitative estimate of drug-likeness (QED) is 0.569. The van der Waals surface area contributed by atoms with E-state index in [0.29, 0.717) is 0 Å². The van der Waals surface area contributed by atoms with E-state index in [9.17, 15) is 0 Å². The van der Waals surface area contributed by atoms with E-state index in [4.69, 9.17) is 6.42 Å². The van der Waals surface area contributed by atoms with Gasteiger partial charge in [0.25, 0.3) is 0 Å². The molecule has 0 amide bonds. The molecule has 1 fully saturated rings. The Kier molecular flexibility index (Phi) is 7.42. The molecule has 0 heterocycles. The van der Waals surface area contributed by atoms with Gasteiger partial charge >= 0.3 is 0 Å². The van der Waals surface area contributed by atoms with Gasteiger partial charge in [0.05, 0.1) is 5.75 Å². The SMILES string of the molecule is C#CCSCCNC1CCCCC1SC. The molecule has 0 radical (unpaired) electrons. The van der Waals surface area contributed by atoms with Crippen LogP contribution in [0.15, 0.2) is 0 Å². The molecule has 1 N–H and O–H groups in total. The van der Waals surface area contributed by atoms with Crippen LogP contribution in [0.1, 0.15) is 25.7 Å². The van der Waals surface area contributed by atoms with Crippen molar-refractivity contribution in [2.75, 3.05) is 24.3 Å². The van der Waals surface area contributed by atoms with Crippen molar-refractivity contribution in [3.05, 3.63) is 0 Å². The highest BCUT2D eigenvalue weighted by molar-refractivity contribution is 7.99. The fraction of sp³-hybridized carbons (Fsp3) is 0.833. The van der Waals surface area contributed by atoms with Gasteiger partial charge in [-0.15, -0.1) is 18.2 Å². The predicted molar refractivity (Wildman–Crippen MR) is 73.7 cm³/mol. The average Bonchev–Trinajstić information content (AvgIpc) is 2.29. The molecule has 0 aromatic carbocycles. The number of hydrogen-bond acceptors (Lipinski definition) is 3. The second-order valence-corrected chi connectivity index (χ2v) is 6.06. The molecule has 1 aliphatic rings. The number of hydrogen-bond donors (Lipinski definition) is 1. The van der Waals surface area contributed by atoms with Gasteiger partial charge in [-0.3, -0.25) is 0 Å². The molecule has 1 saturated carbocycles. The van der Waals surface area contributed by atoms with Crippen LogP contribution in [0.3, 0.4) is 0 Å². The van der Waals surface area contributed by atoms with Crippen LogP contribution in [-0.4, -0.2) is 35.6 Å². The van der Waals surface area contributed by atoms with Crippen LogP contribution in [-0.2, 0) is 0 Å². The summed E-state index contributed by atoms with van der Waals surface area (Å²) in [5.41, 5.74) is 0. The lowest BCUT2D eigenvalue weighted by Gasteiger charge is -2.31. The first-order valence-corrected chi connectivity index (χ1v) is 8.10. The van der Waals surface area contributed by atoms with Crippen LogP contribution in [0.25, 0.3) is 0 Å². The number of nitrogens with one attached hydrogen (secondary N) is 1. The van der Waals surface area contributed by atoms with E-state index >= 15 is 0 Å². The molecule has 0 saturated heterocycles. The van der Waals surface area contributed by atoms with E-state index in [-0.39, 0.29) is 0 Å². The van der Waals surface area contributed by atoms with Gasteiger partial charge in [0.15, 0.2) is 0 Å². The van der Waals surface area contributed by atoms with Gasteiger partial charge in [0, 0.05) is 23.6 Å². The summed E-state index contributed by atoms with van der Waals surface area (Å²) in [7, 11) is 0. The molecular formula is C12H21NS2. The van der Waals surface area contributed by atoms with Gasteiger partial charge in [-0.25, -0.2) is 0 Å². The number of terminal acetylenes is 1. The zero-order chi connectivity index (χ0) is 10.9. The predicted octanol–water partition coefficient (Wildman–Crippen LogP) is 2.62. The summed E-state index contributed by atoms with van der Waals surface area (Å²) in [6.45, 7) is 1.11. The Hall–Kier alpha value is 0.220. The standard InChI is InChI=1S/C12H21NS2/c1-3-9-15-10-8-13-11-6-4-5-7-12(11)14-2/h1,11-13H,4-10H2,2H3. The molecule has 0 bridgehead atoms. The zero-order valence-corrected chi connectivity index (χ0v) is 11.1. The summed E-state index contributed by atoms with van der Waals surface area (Å²) in [6, 6.07) is 0.736. The van der Waals surface area contributed by atoms with E-state index in [2.05, 4.69) is 17.5 Å². The maximum atomic E-state index is 5.20. The van der Waals surface area contributed by atoms with Gasteiger partial charge < -0.3 is 5.32 Å². The van der Waals surface area contributed by atoms with Crippen LogP contribution in [0.2, 0.25) is 0 Å². The number of rotatable bonds is 6. The first-order valence-electron chi connectivity index (χ1n) is 5.66. The summed E-state index contributed by atoms with van der Waals surface area (Å²) in [6.07, 6.45) is 13.0. The Balaban J connectivity index is 2.10. The molecule has 0 aliphatic heterocycles. The summed E-state index contributed by atoms with van der Waals surface area (Å²) in [5.74, 6) is 4.64. The highest BCUT2D eigenvalue weighted by Gasteiger charge is 2.23. The van der Waals surface area contributed by atoms with Crippen molar-refractivity contribution in [1.82, 2.24) is 5.32 Å². The molecule has 3 heteroatoms. The topological polar surface area (TPSA) is 12.0 Å². The Bertz CT molecular complexity index is 200.